The van der Waals surface area contributed by atoms with Crippen LogP contribution in [-0.2, 0) is 6.42 Å². The second-order valence-corrected chi connectivity index (χ2v) is 6.13. The maximum atomic E-state index is 11.3. The van der Waals surface area contributed by atoms with E-state index >= 15 is 0 Å². The van der Waals surface area contributed by atoms with Crippen LogP contribution in [0, 0.1) is 5.41 Å². The van der Waals surface area contributed by atoms with E-state index in [0.717, 1.165) is 0 Å². The van der Waals surface area contributed by atoms with Gasteiger partial charge in [0.1, 0.15) is 5.82 Å². The number of benzene rings is 1. The Hall–Kier alpha value is -1.68. The predicted octanol–water partition coefficient (Wildman–Crippen LogP) is 3.57. The molecule has 1 N–H and O–H groups in total. The van der Waals surface area contributed by atoms with E-state index in [1.807, 2.05) is 0 Å². The lowest BCUT2D eigenvalue weighted by atomic mass is 9.92. The molecule has 0 unspecified atom stereocenters. The largest absolute Gasteiger partial charge is 0.476 e. The van der Waals surface area contributed by atoms with Crippen LogP contribution < -0.4 is 0 Å². The van der Waals surface area contributed by atoms with Crippen LogP contribution in [0.25, 0.3) is 10.9 Å². The van der Waals surface area contributed by atoms with Crippen LogP contribution in [0.2, 0.25) is 5.02 Å². The molecule has 19 heavy (non-hydrogen) atoms. The van der Waals surface area contributed by atoms with Crippen molar-refractivity contribution in [1.29, 1.82) is 0 Å². The van der Waals surface area contributed by atoms with Gasteiger partial charge in [0, 0.05) is 16.8 Å². The van der Waals surface area contributed by atoms with Gasteiger partial charge in [-0.15, -0.1) is 0 Å². The quantitative estimate of drug-likeness (QED) is 0.912. The normalized spacial score (nSPS) is 11.8. The molecule has 5 heteroatoms. The van der Waals surface area contributed by atoms with Gasteiger partial charge in [-0.1, -0.05) is 32.4 Å². The molecule has 2 aromatic rings. The first-order valence-corrected chi connectivity index (χ1v) is 6.33. The molecule has 0 amide bonds. The molecule has 1 aromatic carbocycles. The minimum absolute atomic E-state index is 0.00409. The second-order valence-electron chi connectivity index (χ2n) is 5.69. The molecule has 2 rings (SSSR count). The Kier molecular flexibility index (Phi) is 3.45. The van der Waals surface area contributed by atoms with Crippen molar-refractivity contribution in [2.24, 2.45) is 5.41 Å². The zero-order valence-corrected chi connectivity index (χ0v) is 11.8. The Morgan fingerprint density at radius 2 is 2.00 bits per heavy atom. The van der Waals surface area contributed by atoms with E-state index in [9.17, 15) is 9.90 Å². The van der Waals surface area contributed by atoms with Crippen molar-refractivity contribution < 1.29 is 9.90 Å². The molecule has 1 heterocycles. The molecule has 0 fully saturated rings. The number of hydrogen-bond acceptors (Lipinski definition) is 3. The highest BCUT2D eigenvalue weighted by Gasteiger charge is 2.18. The zero-order chi connectivity index (χ0) is 14.2. The van der Waals surface area contributed by atoms with Gasteiger partial charge in [0.05, 0.1) is 5.52 Å². The lowest BCUT2D eigenvalue weighted by molar-refractivity contribution is 0.0692. The minimum Gasteiger partial charge on any atom is -0.476 e. The number of carbonyl (C=O) groups is 1. The van der Waals surface area contributed by atoms with E-state index < -0.39 is 5.97 Å². The topological polar surface area (TPSA) is 63.1 Å². The van der Waals surface area contributed by atoms with Crippen molar-refractivity contribution in [3.8, 4) is 0 Å². The summed E-state index contributed by atoms with van der Waals surface area (Å²) in [5.74, 6) is -0.524. The molecule has 0 saturated carbocycles. The first kappa shape index (κ1) is 13.7. The number of aromatic nitrogens is 2. The van der Waals surface area contributed by atoms with Gasteiger partial charge in [0.2, 0.25) is 0 Å². The highest BCUT2D eigenvalue weighted by molar-refractivity contribution is 6.31. The van der Waals surface area contributed by atoms with Crippen LogP contribution in [0.15, 0.2) is 18.2 Å². The van der Waals surface area contributed by atoms with E-state index in [2.05, 4.69) is 30.7 Å². The monoisotopic (exact) mass is 278 g/mol. The summed E-state index contributed by atoms with van der Waals surface area (Å²) in [5, 5.41) is 10.2. The van der Waals surface area contributed by atoms with E-state index in [1.54, 1.807) is 18.2 Å². The van der Waals surface area contributed by atoms with Crippen LogP contribution in [0.5, 0.6) is 0 Å². The Bertz CT molecular complexity index is 648. The first-order valence-electron chi connectivity index (χ1n) is 5.96. The van der Waals surface area contributed by atoms with E-state index in [4.69, 9.17) is 11.6 Å². The molecule has 0 bridgehead atoms. The average molecular weight is 279 g/mol. The van der Waals surface area contributed by atoms with Gasteiger partial charge in [-0.05, 0) is 23.6 Å². The molecule has 0 spiro atoms. The Balaban J connectivity index is 2.65. The van der Waals surface area contributed by atoms with Crippen LogP contribution in [0.3, 0.4) is 0 Å². The highest BCUT2D eigenvalue weighted by Crippen LogP contribution is 2.24. The first-order chi connectivity index (χ1) is 8.76. The summed E-state index contributed by atoms with van der Waals surface area (Å²) in [6.07, 6.45) is 0.617. The molecule has 0 aliphatic heterocycles. The number of hydrogen-bond donors (Lipinski definition) is 1. The van der Waals surface area contributed by atoms with Crippen LogP contribution in [0.4, 0.5) is 0 Å². The summed E-state index contributed by atoms with van der Waals surface area (Å²) in [6.45, 7) is 6.18. The fourth-order valence-electron chi connectivity index (χ4n) is 1.87. The molecular formula is C14H15ClN2O2. The van der Waals surface area contributed by atoms with Crippen molar-refractivity contribution in [2.75, 3.05) is 0 Å². The summed E-state index contributed by atoms with van der Waals surface area (Å²) in [5.41, 5.74) is 0.610. The molecule has 4 nitrogen and oxygen atoms in total. The summed E-state index contributed by atoms with van der Waals surface area (Å²) in [7, 11) is 0. The average Bonchev–Trinajstić information content (AvgIpc) is 2.26. The van der Waals surface area contributed by atoms with Gasteiger partial charge in [-0.3, -0.25) is 0 Å². The molecule has 100 valence electrons. The van der Waals surface area contributed by atoms with Crippen LogP contribution >= 0.6 is 11.6 Å². The fourth-order valence-corrected chi connectivity index (χ4v) is 2.04. The third-order valence-corrected chi connectivity index (χ3v) is 2.83. The van der Waals surface area contributed by atoms with Crippen molar-refractivity contribution >= 4 is 28.5 Å². The third kappa shape index (κ3) is 3.20. The van der Waals surface area contributed by atoms with Crippen molar-refractivity contribution in [2.45, 2.75) is 27.2 Å². The lowest BCUT2D eigenvalue weighted by Crippen LogP contribution is -2.14. The molecule has 0 radical (unpaired) electrons. The summed E-state index contributed by atoms with van der Waals surface area (Å²) >= 11 is 5.89. The maximum absolute atomic E-state index is 11.3. The second kappa shape index (κ2) is 4.78. The van der Waals surface area contributed by atoms with Gasteiger partial charge < -0.3 is 5.11 Å². The summed E-state index contributed by atoms with van der Waals surface area (Å²) < 4.78 is 0. The molecular weight excluding hydrogens is 264 g/mol. The molecule has 1 aromatic heterocycles. The number of aromatic carboxylic acids is 1. The molecule has 0 aliphatic carbocycles. The van der Waals surface area contributed by atoms with Gasteiger partial charge >= 0.3 is 5.97 Å². The summed E-state index contributed by atoms with van der Waals surface area (Å²) in [4.78, 5) is 19.9. The van der Waals surface area contributed by atoms with Gasteiger partial charge in [0.15, 0.2) is 5.69 Å². The maximum Gasteiger partial charge on any atom is 0.355 e. The molecule has 0 aliphatic rings. The van der Waals surface area contributed by atoms with E-state index in [-0.39, 0.29) is 11.1 Å². The SMILES string of the molecule is CC(C)(C)Cc1nc(C(=O)O)c2cc(Cl)ccc2n1. The standard InChI is InChI=1S/C14H15ClN2O2/c1-14(2,3)7-11-16-10-5-4-8(15)6-9(10)12(17-11)13(18)19/h4-6H,7H2,1-3H3,(H,18,19). The van der Waals surface area contributed by atoms with Crippen molar-refractivity contribution in [3.63, 3.8) is 0 Å². The highest BCUT2D eigenvalue weighted by atomic mass is 35.5. The van der Waals surface area contributed by atoms with Crippen molar-refractivity contribution in [1.82, 2.24) is 9.97 Å². The Morgan fingerprint density at radius 1 is 1.32 bits per heavy atom. The van der Waals surface area contributed by atoms with Gasteiger partial charge in [-0.25, -0.2) is 14.8 Å². The number of halogens is 1. The van der Waals surface area contributed by atoms with Crippen LogP contribution in [0.1, 0.15) is 37.1 Å². The number of carboxylic acid groups (broad SMARTS) is 1. The Labute approximate surface area is 116 Å². The minimum atomic E-state index is -1.06. The van der Waals surface area contributed by atoms with E-state index in [0.29, 0.717) is 28.2 Å². The van der Waals surface area contributed by atoms with Crippen LogP contribution in [-0.4, -0.2) is 21.0 Å². The number of carboxylic acids is 1. The van der Waals surface area contributed by atoms with Crippen molar-refractivity contribution in [3.05, 3.63) is 34.7 Å². The van der Waals surface area contributed by atoms with Gasteiger partial charge in [0.25, 0.3) is 0 Å². The van der Waals surface area contributed by atoms with Gasteiger partial charge in [-0.2, -0.15) is 0 Å². The Morgan fingerprint density at radius 3 is 2.58 bits per heavy atom. The lowest BCUT2D eigenvalue weighted by Gasteiger charge is -2.17. The predicted molar refractivity (Wildman–Crippen MR) is 74.7 cm³/mol. The number of nitrogens with zero attached hydrogens (tertiary/aromatic N) is 2. The molecule has 0 atom stereocenters. The fraction of sp³-hybridized carbons (Fsp3) is 0.357. The third-order valence-electron chi connectivity index (χ3n) is 2.60. The number of rotatable bonds is 2. The number of fused-ring (bicyclic) bond motifs is 1. The summed E-state index contributed by atoms with van der Waals surface area (Å²) in [6, 6.07) is 5.00. The smallest absolute Gasteiger partial charge is 0.355 e. The zero-order valence-electron chi connectivity index (χ0n) is 11.1. The molecule has 0 saturated heterocycles. The van der Waals surface area contributed by atoms with E-state index in [1.165, 1.54) is 0 Å².